The van der Waals surface area contributed by atoms with E-state index in [0.29, 0.717) is 12.0 Å². The number of amides is 1. The minimum Gasteiger partial charge on any atom is -0.344 e. The maximum Gasteiger partial charge on any atom is 0.257 e. The van der Waals surface area contributed by atoms with Crippen LogP contribution in [0.25, 0.3) is 21.7 Å². The van der Waals surface area contributed by atoms with Gasteiger partial charge in [-0.25, -0.2) is 4.39 Å². The molecule has 1 heterocycles. The average molecular weight is 374 g/mol. The van der Waals surface area contributed by atoms with Gasteiger partial charge in [0.15, 0.2) is 0 Å². The molecule has 0 aliphatic rings. The number of rotatable bonds is 6. The Labute approximate surface area is 163 Å². The molecule has 4 aromatic rings. The maximum absolute atomic E-state index is 14.2. The Morgan fingerprint density at radius 2 is 1.71 bits per heavy atom. The first-order valence-electron chi connectivity index (χ1n) is 9.68. The first-order valence-corrected chi connectivity index (χ1v) is 9.68. The van der Waals surface area contributed by atoms with Crippen LogP contribution in [-0.2, 0) is 6.54 Å². The number of benzene rings is 3. The zero-order valence-electron chi connectivity index (χ0n) is 15.9. The fourth-order valence-corrected chi connectivity index (χ4v) is 3.72. The SMILES string of the molecule is CCCC(F)Cn1cc(C(=O)Nc2cccc3ccccc23)c2ccccc21. The van der Waals surface area contributed by atoms with Crippen molar-refractivity contribution in [1.82, 2.24) is 4.57 Å². The molecular weight excluding hydrogens is 351 g/mol. The summed E-state index contributed by atoms with van der Waals surface area (Å²) in [5.41, 5.74) is 2.21. The molecule has 0 radical (unpaired) electrons. The standard InChI is InChI=1S/C24H23FN2O/c1-2-8-18(25)15-27-16-21(20-12-5-6-14-23(20)27)24(28)26-22-13-7-10-17-9-3-4-11-19(17)22/h3-7,9-14,16,18H,2,8,15H2,1H3,(H,26,28). The van der Waals surface area contributed by atoms with E-state index in [0.717, 1.165) is 33.8 Å². The highest BCUT2D eigenvalue weighted by atomic mass is 19.1. The van der Waals surface area contributed by atoms with Gasteiger partial charge < -0.3 is 9.88 Å². The molecule has 0 bridgehead atoms. The summed E-state index contributed by atoms with van der Waals surface area (Å²) in [5, 5.41) is 5.94. The Morgan fingerprint density at radius 1 is 1.00 bits per heavy atom. The molecule has 0 fully saturated rings. The van der Waals surface area contributed by atoms with E-state index in [1.165, 1.54) is 0 Å². The minimum absolute atomic E-state index is 0.183. The maximum atomic E-state index is 14.2. The van der Waals surface area contributed by atoms with Crippen molar-refractivity contribution in [2.24, 2.45) is 0 Å². The van der Waals surface area contributed by atoms with Crippen molar-refractivity contribution < 1.29 is 9.18 Å². The number of hydrogen-bond acceptors (Lipinski definition) is 1. The Bertz CT molecular complexity index is 1130. The van der Waals surface area contributed by atoms with E-state index in [1.54, 1.807) is 6.20 Å². The predicted octanol–water partition coefficient (Wildman–Crippen LogP) is 6.19. The van der Waals surface area contributed by atoms with Crippen LogP contribution >= 0.6 is 0 Å². The highest BCUT2D eigenvalue weighted by Crippen LogP contribution is 2.26. The van der Waals surface area contributed by atoms with Crippen LogP contribution in [0, 0.1) is 0 Å². The van der Waals surface area contributed by atoms with Crippen LogP contribution < -0.4 is 5.32 Å². The second-order valence-electron chi connectivity index (χ2n) is 7.08. The van der Waals surface area contributed by atoms with Crippen molar-refractivity contribution in [2.45, 2.75) is 32.5 Å². The number of aromatic nitrogens is 1. The minimum atomic E-state index is -0.921. The lowest BCUT2D eigenvalue weighted by Crippen LogP contribution is -2.13. The number of hydrogen-bond donors (Lipinski definition) is 1. The number of anilines is 1. The van der Waals surface area contributed by atoms with Gasteiger partial charge in [0, 0.05) is 28.2 Å². The quantitative estimate of drug-likeness (QED) is 0.429. The largest absolute Gasteiger partial charge is 0.344 e. The zero-order chi connectivity index (χ0) is 19.5. The average Bonchev–Trinajstić information content (AvgIpc) is 3.07. The van der Waals surface area contributed by atoms with Gasteiger partial charge in [-0.1, -0.05) is 67.9 Å². The third-order valence-electron chi connectivity index (χ3n) is 5.07. The highest BCUT2D eigenvalue weighted by Gasteiger charge is 2.17. The molecule has 1 amide bonds. The molecule has 1 N–H and O–H groups in total. The molecule has 4 heteroatoms. The Hall–Kier alpha value is -3.14. The lowest BCUT2D eigenvalue weighted by molar-refractivity contribution is 0.102. The summed E-state index contributed by atoms with van der Waals surface area (Å²) < 4.78 is 16.1. The summed E-state index contributed by atoms with van der Waals surface area (Å²) >= 11 is 0. The molecule has 3 nitrogen and oxygen atoms in total. The molecule has 1 aromatic heterocycles. The van der Waals surface area contributed by atoms with Gasteiger partial charge in [-0.3, -0.25) is 4.79 Å². The number of nitrogens with zero attached hydrogens (tertiary/aromatic N) is 1. The van der Waals surface area contributed by atoms with Gasteiger partial charge in [-0.05, 0) is 23.9 Å². The van der Waals surface area contributed by atoms with Crippen LogP contribution in [0.4, 0.5) is 10.1 Å². The first-order chi connectivity index (χ1) is 13.7. The molecule has 3 aromatic carbocycles. The van der Waals surface area contributed by atoms with Gasteiger partial charge in [-0.15, -0.1) is 0 Å². The van der Waals surface area contributed by atoms with E-state index >= 15 is 0 Å². The molecule has 28 heavy (non-hydrogen) atoms. The fourth-order valence-electron chi connectivity index (χ4n) is 3.72. The Morgan fingerprint density at radius 3 is 2.54 bits per heavy atom. The summed E-state index contributed by atoms with van der Waals surface area (Å²) in [6, 6.07) is 21.5. The molecule has 0 aliphatic heterocycles. The van der Waals surface area contributed by atoms with Gasteiger partial charge in [0.05, 0.1) is 12.1 Å². The van der Waals surface area contributed by atoms with Gasteiger partial charge in [0.2, 0.25) is 0 Å². The number of fused-ring (bicyclic) bond motifs is 2. The molecule has 1 unspecified atom stereocenters. The number of carbonyl (C=O) groups is 1. The van der Waals surface area contributed by atoms with Crippen LogP contribution in [-0.4, -0.2) is 16.6 Å². The van der Waals surface area contributed by atoms with E-state index in [9.17, 15) is 9.18 Å². The molecule has 0 saturated heterocycles. The molecule has 0 saturated carbocycles. The van der Waals surface area contributed by atoms with Gasteiger partial charge in [0.25, 0.3) is 5.91 Å². The second-order valence-corrected chi connectivity index (χ2v) is 7.08. The second kappa shape index (κ2) is 7.85. The summed E-state index contributed by atoms with van der Waals surface area (Å²) in [7, 11) is 0. The van der Waals surface area contributed by atoms with Crippen molar-refractivity contribution in [2.75, 3.05) is 5.32 Å². The van der Waals surface area contributed by atoms with Crippen molar-refractivity contribution in [1.29, 1.82) is 0 Å². The number of carbonyl (C=O) groups excluding carboxylic acids is 1. The van der Waals surface area contributed by atoms with Crippen molar-refractivity contribution in [3.63, 3.8) is 0 Å². The molecule has 4 rings (SSSR count). The smallest absolute Gasteiger partial charge is 0.257 e. The van der Waals surface area contributed by atoms with Gasteiger partial charge >= 0.3 is 0 Å². The molecule has 142 valence electrons. The van der Waals surface area contributed by atoms with E-state index in [4.69, 9.17) is 0 Å². The first kappa shape index (κ1) is 18.2. The van der Waals surface area contributed by atoms with E-state index in [1.807, 2.05) is 78.2 Å². The Balaban J connectivity index is 1.69. The summed E-state index contributed by atoms with van der Waals surface area (Å²) in [6.07, 6.45) is 2.17. The number of para-hydroxylation sites is 1. The van der Waals surface area contributed by atoms with Crippen LogP contribution in [0.3, 0.4) is 0 Å². The van der Waals surface area contributed by atoms with Crippen LogP contribution in [0.15, 0.2) is 72.9 Å². The summed E-state index contributed by atoms with van der Waals surface area (Å²) in [4.78, 5) is 13.1. The van der Waals surface area contributed by atoms with E-state index < -0.39 is 6.17 Å². The van der Waals surface area contributed by atoms with Crippen LogP contribution in [0.2, 0.25) is 0 Å². The normalized spacial score (nSPS) is 12.4. The molecule has 0 spiro atoms. The van der Waals surface area contributed by atoms with E-state index in [-0.39, 0.29) is 12.5 Å². The lowest BCUT2D eigenvalue weighted by Gasteiger charge is -2.09. The monoisotopic (exact) mass is 374 g/mol. The molecule has 0 aliphatic carbocycles. The third-order valence-corrected chi connectivity index (χ3v) is 5.07. The van der Waals surface area contributed by atoms with Crippen LogP contribution in [0.5, 0.6) is 0 Å². The van der Waals surface area contributed by atoms with Crippen molar-refractivity contribution in [3.8, 4) is 0 Å². The molecular formula is C24H23FN2O. The zero-order valence-corrected chi connectivity index (χ0v) is 15.9. The van der Waals surface area contributed by atoms with Gasteiger partial charge in [0.1, 0.15) is 6.17 Å². The van der Waals surface area contributed by atoms with Crippen molar-refractivity contribution >= 4 is 33.3 Å². The Kier molecular flexibility index (Phi) is 5.11. The highest BCUT2D eigenvalue weighted by molar-refractivity contribution is 6.15. The predicted molar refractivity (Wildman–Crippen MR) is 114 cm³/mol. The summed E-state index contributed by atoms with van der Waals surface area (Å²) in [5.74, 6) is -0.183. The fraction of sp³-hybridized carbons (Fsp3) is 0.208. The summed E-state index contributed by atoms with van der Waals surface area (Å²) in [6.45, 7) is 2.24. The number of halogens is 1. The number of nitrogens with one attached hydrogen (secondary N) is 1. The third kappa shape index (κ3) is 3.50. The molecule has 1 atom stereocenters. The van der Waals surface area contributed by atoms with Crippen molar-refractivity contribution in [3.05, 3.63) is 78.5 Å². The van der Waals surface area contributed by atoms with Gasteiger partial charge in [-0.2, -0.15) is 0 Å². The lowest BCUT2D eigenvalue weighted by atomic mass is 10.1. The van der Waals surface area contributed by atoms with Crippen LogP contribution in [0.1, 0.15) is 30.1 Å². The van der Waals surface area contributed by atoms with E-state index in [2.05, 4.69) is 5.32 Å². The number of alkyl halides is 1. The topological polar surface area (TPSA) is 34.0 Å².